The van der Waals surface area contributed by atoms with E-state index < -0.39 is 11.9 Å². The molecule has 0 saturated carbocycles. The van der Waals surface area contributed by atoms with Crippen LogP contribution >= 0.6 is 27.7 Å². The van der Waals surface area contributed by atoms with E-state index in [9.17, 15) is 14.4 Å². The predicted molar refractivity (Wildman–Crippen MR) is 141 cm³/mol. The maximum absolute atomic E-state index is 12.9. The monoisotopic (exact) mass is 602 g/mol. The van der Waals surface area contributed by atoms with Gasteiger partial charge in [0, 0.05) is 34.5 Å². The number of carbonyl (C=O) groups excluding carboxylic acids is 3. The number of piperidine rings is 1. The van der Waals surface area contributed by atoms with Crippen LogP contribution < -0.4 is 5.32 Å². The van der Waals surface area contributed by atoms with Crippen LogP contribution in [0.3, 0.4) is 0 Å². The van der Waals surface area contributed by atoms with Gasteiger partial charge in [-0.3, -0.25) is 19.7 Å². The number of ether oxygens (including phenoxy) is 5. The number of carbonyl (C=O) groups is 3. The van der Waals surface area contributed by atoms with E-state index in [1.807, 2.05) is 12.1 Å². The number of amides is 3. The van der Waals surface area contributed by atoms with Crippen molar-refractivity contribution in [2.45, 2.75) is 30.3 Å². The lowest BCUT2D eigenvalue weighted by molar-refractivity contribution is -0.136. The van der Waals surface area contributed by atoms with Crippen molar-refractivity contribution in [1.29, 1.82) is 0 Å². The Balaban J connectivity index is 1.22. The van der Waals surface area contributed by atoms with Crippen molar-refractivity contribution in [1.82, 2.24) is 10.2 Å². The summed E-state index contributed by atoms with van der Waals surface area (Å²) in [7, 11) is 0. The van der Waals surface area contributed by atoms with Crippen LogP contribution in [0.15, 0.2) is 23.1 Å². The van der Waals surface area contributed by atoms with E-state index in [1.54, 1.807) is 22.7 Å². The molecule has 3 amide bonds. The Bertz CT molecular complexity index is 890. The molecule has 10 nitrogen and oxygen atoms in total. The molecule has 0 bridgehead atoms. The molecular weight excluding hydrogens is 568 g/mol. The molecule has 2 heterocycles. The highest BCUT2D eigenvalue weighted by Gasteiger charge is 2.39. The molecule has 1 saturated heterocycles. The molecule has 2 aliphatic rings. The number of halogens is 1. The van der Waals surface area contributed by atoms with Gasteiger partial charge in [0.15, 0.2) is 0 Å². The number of imide groups is 1. The highest BCUT2D eigenvalue weighted by molar-refractivity contribution is 9.09. The van der Waals surface area contributed by atoms with Crippen LogP contribution in [0.25, 0.3) is 0 Å². The van der Waals surface area contributed by atoms with Gasteiger partial charge in [-0.05, 0) is 24.1 Å². The summed E-state index contributed by atoms with van der Waals surface area (Å²) < 4.78 is 27.3. The first-order valence-corrected chi connectivity index (χ1v) is 14.6. The summed E-state index contributed by atoms with van der Waals surface area (Å²) in [5.74, 6) is -0.116. The first kappa shape index (κ1) is 30.0. The number of rotatable bonds is 19. The number of hydrogen-bond donors (Lipinski definition) is 1. The molecule has 3 rings (SSSR count). The second-order valence-electron chi connectivity index (χ2n) is 8.28. The molecule has 37 heavy (non-hydrogen) atoms. The Kier molecular flexibility index (Phi) is 13.9. The maximum Gasteiger partial charge on any atom is 0.255 e. The second kappa shape index (κ2) is 17.1. The van der Waals surface area contributed by atoms with Gasteiger partial charge in [0.2, 0.25) is 11.8 Å². The molecule has 206 valence electrons. The van der Waals surface area contributed by atoms with E-state index in [2.05, 4.69) is 21.2 Å². The van der Waals surface area contributed by atoms with Crippen molar-refractivity contribution in [2.75, 3.05) is 77.2 Å². The third kappa shape index (κ3) is 9.93. The third-order valence-corrected chi connectivity index (χ3v) is 7.12. The summed E-state index contributed by atoms with van der Waals surface area (Å²) in [5, 5.41) is 3.16. The zero-order valence-corrected chi connectivity index (χ0v) is 23.3. The number of thioether (sulfide) groups is 1. The Hall–Kier alpha value is -1.54. The summed E-state index contributed by atoms with van der Waals surface area (Å²) in [5.41, 5.74) is 1.55. The van der Waals surface area contributed by atoms with Crippen LogP contribution in [0.1, 0.15) is 28.8 Å². The number of benzene rings is 1. The van der Waals surface area contributed by atoms with Crippen LogP contribution in [0.5, 0.6) is 0 Å². The van der Waals surface area contributed by atoms with Crippen LogP contribution in [-0.4, -0.2) is 106 Å². The molecule has 1 aromatic rings. The molecule has 1 N–H and O–H groups in total. The molecule has 1 fully saturated rings. The molecule has 12 heteroatoms. The zero-order valence-electron chi connectivity index (χ0n) is 20.9. The van der Waals surface area contributed by atoms with Gasteiger partial charge in [-0.2, -0.15) is 0 Å². The molecule has 2 aliphatic heterocycles. The van der Waals surface area contributed by atoms with Crippen LogP contribution in [0, 0.1) is 0 Å². The minimum Gasteiger partial charge on any atom is -0.378 e. The fraction of sp³-hybridized carbons (Fsp3) is 0.640. The average molecular weight is 604 g/mol. The molecule has 0 spiro atoms. The van der Waals surface area contributed by atoms with Gasteiger partial charge < -0.3 is 28.6 Å². The first-order chi connectivity index (χ1) is 18.1. The lowest BCUT2D eigenvalue weighted by Crippen LogP contribution is -2.52. The Morgan fingerprint density at radius 2 is 1.46 bits per heavy atom. The molecular formula is C25H35BrN2O8S. The molecule has 0 aliphatic carbocycles. The first-order valence-electron chi connectivity index (χ1n) is 12.5. The number of nitrogens with one attached hydrogen (secondary N) is 1. The molecule has 0 radical (unpaired) electrons. The average Bonchev–Trinajstić information content (AvgIpc) is 3.22. The lowest BCUT2D eigenvalue weighted by Gasteiger charge is -2.29. The quantitative estimate of drug-likeness (QED) is 0.110. The topological polar surface area (TPSA) is 113 Å². The second-order valence-corrected chi connectivity index (χ2v) is 10.2. The van der Waals surface area contributed by atoms with Crippen LogP contribution in [0.4, 0.5) is 0 Å². The molecule has 1 aromatic carbocycles. The SMILES string of the molecule is O=C1CCC(N2Cc3c(SCCOCCOCCOCCOCCOCCBr)cccc3C2=O)C(=O)N1. The standard InChI is InChI=1S/C25H35BrN2O8S/c26-6-7-32-8-9-33-10-11-34-12-13-35-14-15-36-16-17-37-22-3-1-2-19-20(22)18-28(25(19)31)21-4-5-23(29)27-24(21)30/h1-3,21H,4-18H2,(H,27,29,30). The van der Waals surface area contributed by atoms with Crippen molar-refractivity contribution >= 4 is 45.4 Å². The molecule has 1 unspecified atom stereocenters. The highest BCUT2D eigenvalue weighted by Crippen LogP contribution is 2.34. The molecule has 1 atom stereocenters. The van der Waals surface area contributed by atoms with Gasteiger partial charge in [0.25, 0.3) is 5.91 Å². The minimum absolute atomic E-state index is 0.160. The van der Waals surface area contributed by atoms with Gasteiger partial charge in [-0.1, -0.05) is 22.0 Å². The maximum atomic E-state index is 12.9. The largest absolute Gasteiger partial charge is 0.378 e. The van der Waals surface area contributed by atoms with Gasteiger partial charge in [0.05, 0.1) is 66.1 Å². The van der Waals surface area contributed by atoms with Gasteiger partial charge >= 0.3 is 0 Å². The summed E-state index contributed by atoms with van der Waals surface area (Å²) in [6.45, 7) is 5.81. The van der Waals surface area contributed by atoms with E-state index in [-0.39, 0.29) is 18.2 Å². The summed E-state index contributed by atoms with van der Waals surface area (Å²) >= 11 is 4.92. The number of fused-ring (bicyclic) bond motifs is 1. The smallest absolute Gasteiger partial charge is 0.255 e. The van der Waals surface area contributed by atoms with Crippen LogP contribution in [0.2, 0.25) is 0 Å². The lowest BCUT2D eigenvalue weighted by atomic mass is 10.0. The number of hydrogen-bond acceptors (Lipinski definition) is 9. The van der Waals surface area contributed by atoms with E-state index in [0.29, 0.717) is 84.6 Å². The van der Waals surface area contributed by atoms with Crippen molar-refractivity contribution in [3.05, 3.63) is 29.3 Å². The van der Waals surface area contributed by atoms with Gasteiger partial charge in [0.1, 0.15) is 6.04 Å². The van der Waals surface area contributed by atoms with E-state index >= 15 is 0 Å². The third-order valence-electron chi connectivity index (χ3n) is 5.73. The predicted octanol–water partition coefficient (Wildman–Crippen LogP) is 2.02. The molecule has 0 aromatic heterocycles. The fourth-order valence-electron chi connectivity index (χ4n) is 3.94. The summed E-state index contributed by atoms with van der Waals surface area (Å²) in [6, 6.07) is 5.03. The fourth-order valence-corrected chi connectivity index (χ4v) is 5.11. The van der Waals surface area contributed by atoms with Crippen molar-refractivity contribution in [3.63, 3.8) is 0 Å². The van der Waals surface area contributed by atoms with Gasteiger partial charge in [-0.15, -0.1) is 11.8 Å². The Morgan fingerprint density at radius 3 is 2.05 bits per heavy atom. The highest BCUT2D eigenvalue weighted by atomic mass is 79.9. The number of nitrogens with zero attached hydrogens (tertiary/aromatic N) is 1. The minimum atomic E-state index is -0.605. The van der Waals surface area contributed by atoms with Crippen molar-refractivity contribution < 1.29 is 38.1 Å². The summed E-state index contributed by atoms with van der Waals surface area (Å²) in [6.07, 6.45) is 0.604. The van der Waals surface area contributed by atoms with Crippen LogP contribution in [-0.2, 0) is 39.8 Å². The number of alkyl halides is 1. The normalized spacial score (nSPS) is 17.4. The van der Waals surface area contributed by atoms with Gasteiger partial charge in [-0.25, -0.2) is 0 Å². The van der Waals surface area contributed by atoms with Crippen molar-refractivity contribution in [2.24, 2.45) is 0 Å². The zero-order chi connectivity index (χ0) is 26.3. The van der Waals surface area contributed by atoms with E-state index in [0.717, 1.165) is 21.5 Å². The van der Waals surface area contributed by atoms with E-state index in [1.165, 1.54) is 0 Å². The van der Waals surface area contributed by atoms with E-state index in [4.69, 9.17) is 23.7 Å². The van der Waals surface area contributed by atoms with Crippen molar-refractivity contribution in [3.8, 4) is 0 Å². The summed E-state index contributed by atoms with van der Waals surface area (Å²) in [4.78, 5) is 39.2. The Labute approximate surface area is 230 Å². The Morgan fingerprint density at radius 1 is 0.865 bits per heavy atom.